The molecule has 0 fully saturated rings. The highest BCUT2D eigenvalue weighted by Gasteiger charge is 2.27. The third-order valence-electron chi connectivity index (χ3n) is 2.20. The number of carboxylic acids is 1. The van der Waals surface area contributed by atoms with Gasteiger partial charge in [0.2, 0.25) is 0 Å². The molecule has 2 amide bonds. The molecule has 0 heterocycles. The van der Waals surface area contributed by atoms with Crippen LogP contribution in [0.15, 0.2) is 0 Å². The Bertz CT molecular complexity index is 311. The van der Waals surface area contributed by atoms with E-state index in [1.54, 1.807) is 6.92 Å². The maximum absolute atomic E-state index is 11.7. The first-order valence-electron chi connectivity index (χ1n) is 6.11. The molecule has 6 nitrogen and oxygen atoms in total. The highest BCUT2D eigenvalue weighted by Crippen LogP contribution is 2.13. The lowest BCUT2D eigenvalue weighted by Crippen LogP contribution is -2.42. The van der Waals surface area contributed by atoms with Gasteiger partial charge in [-0.2, -0.15) is 13.2 Å². The van der Waals surface area contributed by atoms with Crippen LogP contribution in [0.4, 0.5) is 18.0 Å². The zero-order valence-corrected chi connectivity index (χ0v) is 11.1. The van der Waals surface area contributed by atoms with E-state index >= 15 is 0 Å². The van der Waals surface area contributed by atoms with Gasteiger partial charge in [-0.15, -0.1) is 0 Å². The standard InChI is InChI=1S/C11H19F3N2O4/c1-8(3-2-4-9(17)18)16-10(19)15-5-6-20-7-11(12,13)14/h8H,2-7H2,1H3,(H,17,18)(H2,15,16,19). The van der Waals surface area contributed by atoms with Crippen molar-refractivity contribution in [3.8, 4) is 0 Å². The molecule has 0 aromatic carbocycles. The fourth-order valence-corrected chi connectivity index (χ4v) is 1.33. The van der Waals surface area contributed by atoms with Crippen molar-refractivity contribution in [3.63, 3.8) is 0 Å². The highest BCUT2D eigenvalue weighted by atomic mass is 19.4. The fraction of sp³-hybridized carbons (Fsp3) is 0.818. The van der Waals surface area contributed by atoms with E-state index in [0.717, 1.165) is 0 Å². The molecule has 1 atom stereocenters. The van der Waals surface area contributed by atoms with Gasteiger partial charge in [0.15, 0.2) is 0 Å². The smallest absolute Gasteiger partial charge is 0.411 e. The van der Waals surface area contributed by atoms with Gasteiger partial charge >= 0.3 is 18.2 Å². The summed E-state index contributed by atoms with van der Waals surface area (Å²) in [5, 5.41) is 13.3. The van der Waals surface area contributed by atoms with Crippen molar-refractivity contribution < 1.29 is 32.6 Å². The molecule has 0 aromatic heterocycles. The van der Waals surface area contributed by atoms with E-state index in [0.29, 0.717) is 12.8 Å². The maximum atomic E-state index is 11.7. The third kappa shape index (κ3) is 12.9. The van der Waals surface area contributed by atoms with E-state index in [4.69, 9.17) is 5.11 Å². The normalized spacial score (nSPS) is 12.8. The maximum Gasteiger partial charge on any atom is 0.411 e. The average Bonchev–Trinajstić information content (AvgIpc) is 2.26. The Kier molecular flexibility index (Phi) is 8.69. The SMILES string of the molecule is CC(CCCC(=O)O)NC(=O)NCCOCC(F)(F)F. The highest BCUT2D eigenvalue weighted by molar-refractivity contribution is 5.74. The van der Waals surface area contributed by atoms with Gasteiger partial charge in [0, 0.05) is 19.0 Å². The Labute approximate surface area is 114 Å². The molecular weight excluding hydrogens is 281 g/mol. The second-order valence-electron chi connectivity index (χ2n) is 4.26. The number of amides is 2. The summed E-state index contributed by atoms with van der Waals surface area (Å²) < 4.78 is 39.5. The second kappa shape index (κ2) is 9.40. The molecule has 20 heavy (non-hydrogen) atoms. The largest absolute Gasteiger partial charge is 0.481 e. The van der Waals surface area contributed by atoms with Crippen LogP contribution in [0.25, 0.3) is 0 Å². The summed E-state index contributed by atoms with van der Waals surface area (Å²) >= 11 is 0. The molecule has 0 aliphatic carbocycles. The van der Waals surface area contributed by atoms with E-state index in [1.807, 2.05) is 0 Å². The number of urea groups is 1. The van der Waals surface area contributed by atoms with Gasteiger partial charge in [0.25, 0.3) is 0 Å². The van der Waals surface area contributed by atoms with Crippen molar-refractivity contribution in [2.24, 2.45) is 0 Å². The summed E-state index contributed by atoms with van der Waals surface area (Å²) in [5.41, 5.74) is 0. The first kappa shape index (κ1) is 18.5. The lowest BCUT2D eigenvalue weighted by molar-refractivity contribution is -0.173. The molecular formula is C11H19F3N2O4. The summed E-state index contributed by atoms with van der Waals surface area (Å²) in [6.07, 6.45) is -3.41. The summed E-state index contributed by atoms with van der Waals surface area (Å²) in [7, 11) is 0. The number of carbonyl (C=O) groups is 2. The molecule has 0 saturated heterocycles. The van der Waals surface area contributed by atoms with Crippen LogP contribution in [0.3, 0.4) is 0 Å². The molecule has 0 aromatic rings. The minimum Gasteiger partial charge on any atom is -0.481 e. The lowest BCUT2D eigenvalue weighted by Gasteiger charge is -2.14. The first-order valence-corrected chi connectivity index (χ1v) is 6.11. The van der Waals surface area contributed by atoms with Crippen LogP contribution >= 0.6 is 0 Å². The van der Waals surface area contributed by atoms with Gasteiger partial charge in [-0.25, -0.2) is 4.79 Å². The second-order valence-corrected chi connectivity index (χ2v) is 4.26. The van der Waals surface area contributed by atoms with E-state index in [-0.39, 0.29) is 25.6 Å². The molecule has 0 bridgehead atoms. The number of hydrogen-bond acceptors (Lipinski definition) is 3. The number of hydrogen-bond donors (Lipinski definition) is 3. The molecule has 0 aliphatic heterocycles. The molecule has 1 unspecified atom stereocenters. The number of carbonyl (C=O) groups excluding carboxylic acids is 1. The Balaban J connectivity index is 3.55. The number of nitrogens with one attached hydrogen (secondary N) is 2. The van der Waals surface area contributed by atoms with Crippen LogP contribution in [-0.2, 0) is 9.53 Å². The van der Waals surface area contributed by atoms with Crippen LogP contribution in [-0.4, -0.2) is 49.1 Å². The Morgan fingerprint density at radius 1 is 1.35 bits per heavy atom. The van der Waals surface area contributed by atoms with E-state index in [1.165, 1.54) is 0 Å². The average molecular weight is 300 g/mol. The van der Waals surface area contributed by atoms with Crippen molar-refractivity contribution in [1.82, 2.24) is 10.6 Å². The topological polar surface area (TPSA) is 87.7 Å². The Morgan fingerprint density at radius 2 is 2.00 bits per heavy atom. The van der Waals surface area contributed by atoms with Crippen molar-refractivity contribution in [2.45, 2.75) is 38.4 Å². The van der Waals surface area contributed by atoms with E-state index in [2.05, 4.69) is 15.4 Å². The monoisotopic (exact) mass is 300 g/mol. The molecule has 0 aliphatic rings. The van der Waals surface area contributed by atoms with Crippen LogP contribution < -0.4 is 10.6 Å². The van der Waals surface area contributed by atoms with Crippen molar-refractivity contribution in [3.05, 3.63) is 0 Å². The molecule has 0 radical (unpaired) electrons. The predicted molar refractivity (Wildman–Crippen MR) is 64.4 cm³/mol. The van der Waals surface area contributed by atoms with Gasteiger partial charge in [-0.05, 0) is 19.8 Å². The number of ether oxygens (including phenoxy) is 1. The summed E-state index contributed by atoms with van der Waals surface area (Å²) in [5.74, 6) is -0.900. The van der Waals surface area contributed by atoms with Crippen LogP contribution in [0.2, 0.25) is 0 Å². The number of aliphatic carboxylic acids is 1. The van der Waals surface area contributed by atoms with Gasteiger partial charge in [0.1, 0.15) is 6.61 Å². The van der Waals surface area contributed by atoms with E-state index in [9.17, 15) is 22.8 Å². The zero-order chi connectivity index (χ0) is 15.6. The molecule has 3 N–H and O–H groups in total. The Hall–Kier alpha value is -1.51. The number of rotatable bonds is 9. The minimum atomic E-state index is -4.37. The summed E-state index contributed by atoms with van der Waals surface area (Å²) in [4.78, 5) is 21.6. The van der Waals surface area contributed by atoms with Gasteiger partial charge in [-0.3, -0.25) is 4.79 Å². The van der Waals surface area contributed by atoms with Crippen LogP contribution in [0.1, 0.15) is 26.2 Å². The number of halogens is 3. The van der Waals surface area contributed by atoms with Crippen molar-refractivity contribution in [2.75, 3.05) is 19.8 Å². The van der Waals surface area contributed by atoms with Crippen LogP contribution in [0.5, 0.6) is 0 Å². The van der Waals surface area contributed by atoms with Crippen molar-refractivity contribution >= 4 is 12.0 Å². The quantitative estimate of drug-likeness (QED) is 0.563. The predicted octanol–water partition coefficient (Wildman–Crippen LogP) is 1.51. The van der Waals surface area contributed by atoms with E-state index < -0.39 is 24.8 Å². The number of alkyl halides is 3. The molecule has 0 spiro atoms. The lowest BCUT2D eigenvalue weighted by atomic mass is 10.1. The minimum absolute atomic E-state index is 0.0267. The van der Waals surface area contributed by atoms with Gasteiger partial charge in [0.05, 0.1) is 6.61 Å². The molecule has 0 saturated carbocycles. The zero-order valence-electron chi connectivity index (χ0n) is 11.1. The van der Waals surface area contributed by atoms with Gasteiger partial charge < -0.3 is 20.5 Å². The first-order chi connectivity index (χ1) is 9.20. The Morgan fingerprint density at radius 3 is 2.55 bits per heavy atom. The van der Waals surface area contributed by atoms with Crippen molar-refractivity contribution in [1.29, 1.82) is 0 Å². The van der Waals surface area contributed by atoms with Gasteiger partial charge in [-0.1, -0.05) is 0 Å². The summed E-state index contributed by atoms with van der Waals surface area (Å²) in [6, 6.07) is -0.742. The number of carboxylic acid groups (broad SMARTS) is 1. The molecule has 118 valence electrons. The third-order valence-corrected chi connectivity index (χ3v) is 2.20. The molecule has 9 heteroatoms. The molecule has 0 rings (SSSR count). The fourth-order valence-electron chi connectivity index (χ4n) is 1.33. The summed E-state index contributed by atoms with van der Waals surface area (Å²) in [6.45, 7) is 0.0908. The van der Waals surface area contributed by atoms with Crippen LogP contribution in [0, 0.1) is 0 Å².